The molecule has 19 heavy (non-hydrogen) atoms. The Balaban J connectivity index is 1.74. The molecule has 1 saturated carbocycles. The zero-order chi connectivity index (χ0) is 13.7. The first-order valence-corrected chi connectivity index (χ1v) is 7.12. The highest BCUT2D eigenvalue weighted by atomic mass is 16.1. The highest BCUT2D eigenvalue weighted by Gasteiger charge is 2.18. The minimum atomic E-state index is -0.187. The van der Waals surface area contributed by atoms with E-state index in [0.717, 1.165) is 24.8 Å². The molecule has 1 aromatic heterocycles. The van der Waals surface area contributed by atoms with Crippen LogP contribution in [-0.4, -0.2) is 17.4 Å². The molecule has 0 radical (unpaired) electrons. The van der Waals surface area contributed by atoms with Crippen LogP contribution in [0.4, 0.5) is 0 Å². The number of nitrogens with one attached hydrogen (secondary N) is 2. The van der Waals surface area contributed by atoms with E-state index in [1.54, 1.807) is 6.07 Å². The fraction of sp³-hybridized carbons (Fsp3) is 0.600. The predicted octanol–water partition coefficient (Wildman–Crippen LogP) is 2.32. The van der Waals surface area contributed by atoms with Gasteiger partial charge in [0.25, 0.3) is 5.91 Å². The van der Waals surface area contributed by atoms with E-state index in [4.69, 9.17) is 0 Å². The molecule has 2 unspecified atom stereocenters. The molecular formula is C15H22N2O2. The molecule has 0 saturated heterocycles. The van der Waals surface area contributed by atoms with Crippen LogP contribution in [0.15, 0.2) is 23.1 Å². The Morgan fingerprint density at radius 2 is 2.26 bits per heavy atom. The van der Waals surface area contributed by atoms with E-state index in [-0.39, 0.29) is 11.5 Å². The third kappa shape index (κ3) is 4.23. The number of carbonyl (C=O) groups is 1. The average Bonchev–Trinajstić information content (AvgIpc) is 2.39. The van der Waals surface area contributed by atoms with Gasteiger partial charge in [-0.25, -0.2) is 0 Å². The van der Waals surface area contributed by atoms with Crippen molar-refractivity contribution in [2.24, 2.45) is 11.8 Å². The number of aromatic amines is 1. The summed E-state index contributed by atoms with van der Waals surface area (Å²) in [6, 6.07) is 2.93. The van der Waals surface area contributed by atoms with Crippen LogP contribution in [0.5, 0.6) is 0 Å². The third-order valence-electron chi connectivity index (χ3n) is 3.93. The Hall–Kier alpha value is -1.58. The van der Waals surface area contributed by atoms with Crippen molar-refractivity contribution < 1.29 is 4.79 Å². The van der Waals surface area contributed by atoms with Crippen molar-refractivity contribution in [1.29, 1.82) is 0 Å². The molecule has 1 amide bonds. The summed E-state index contributed by atoms with van der Waals surface area (Å²) in [5.74, 6) is 1.47. The molecule has 4 nitrogen and oxygen atoms in total. The third-order valence-corrected chi connectivity index (χ3v) is 3.93. The SMILES string of the molecule is CC1CCCC(CCNC(=O)c2ccc(=O)[nH]c2)C1. The van der Waals surface area contributed by atoms with Gasteiger partial charge < -0.3 is 10.3 Å². The number of carbonyl (C=O) groups excluding carboxylic acids is 1. The van der Waals surface area contributed by atoms with Crippen molar-refractivity contribution in [3.8, 4) is 0 Å². The van der Waals surface area contributed by atoms with Crippen LogP contribution in [0, 0.1) is 11.8 Å². The van der Waals surface area contributed by atoms with Crippen LogP contribution in [0.3, 0.4) is 0 Å². The van der Waals surface area contributed by atoms with Crippen LogP contribution in [-0.2, 0) is 0 Å². The Morgan fingerprint density at radius 1 is 1.42 bits per heavy atom. The van der Waals surface area contributed by atoms with E-state index in [2.05, 4.69) is 17.2 Å². The molecule has 2 atom stereocenters. The highest BCUT2D eigenvalue weighted by molar-refractivity contribution is 5.93. The molecular weight excluding hydrogens is 240 g/mol. The molecule has 0 spiro atoms. The Kier molecular flexibility index (Phi) is 4.77. The van der Waals surface area contributed by atoms with Crippen molar-refractivity contribution in [3.05, 3.63) is 34.2 Å². The van der Waals surface area contributed by atoms with Crippen molar-refractivity contribution in [1.82, 2.24) is 10.3 Å². The summed E-state index contributed by atoms with van der Waals surface area (Å²) in [4.78, 5) is 25.2. The molecule has 0 aliphatic heterocycles. The normalized spacial score (nSPS) is 23.0. The van der Waals surface area contributed by atoms with Gasteiger partial charge in [-0.3, -0.25) is 9.59 Å². The topological polar surface area (TPSA) is 62.0 Å². The summed E-state index contributed by atoms with van der Waals surface area (Å²) in [5.41, 5.74) is 0.323. The van der Waals surface area contributed by atoms with Crippen LogP contribution < -0.4 is 10.9 Å². The molecule has 4 heteroatoms. The first-order valence-electron chi connectivity index (χ1n) is 7.12. The Labute approximate surface area is 113 Å². The maximum atomic E-state index is 11.8. The molecule has 104 valence electrons. The molecule has 0 bridgehead atoms. The summed E-state index contributed by atoms with van der Waals surface area (Å²) < 4.78 is 0. The maximum Gasteiger partial charge on any atom is 0.252 e. The van der Waals surface area contributed by atoms with Gasteiger partial charge in [0.15, 0.2) is 0 Å². The second-order valence-electron chi connectivity index (χ2n) is 5.62. The maximum absolute atomic E-state index is 11.8. The zero-order valence-corrected chi connectivity index (χ0v) is 11.4. The van der Waals surface area contributed by atoms with Gasteiger partial charge in [0.1, 0.15) is 0 Å². The van der Waals surface area contributed by atoms with Crippen LogP contribution in [0.2, 0.25) is 0 Å². The Morgan fingerprint density at radius 3 is 2.95 bits per heavy atom. The number of pyridine rings is 1. The van der Waals surface area contributed by atoms with E-state index < -0.39 is 0 Å². The first kappa shape index (κ1) is 13.8. The van der Waals surface area contributed by atoms with Gasteiger partial charge >= 0.3 is 0 Å². The standard InChI is InChI=1S/C15H22N2O2/c1-11-3-2-4-12(9-11)7-8-16-15(19)13-5-6-14(18)17-10-13/h5-6,10-12H,2-4,7-9H2,1H3,(H,16,19)(H,17,18). The first-order chi connectivity index (χ1) is 9.15. The predicted molar refractivity (Wildman–Crippen MR) is 75.1 cm³/mol. The number of hydrogen-bond acceptors (Lipinski definition) is 2. The number of H-pyrrole nitrogens is 1. The number of aromatic nitrogens is 1. The molecule has 1 aromatic rings. The molecule has 2 N–H and O–H groups in total. The number of rotatable bonds is 4. The van der Waals surface area contributed by atoms with E-state index in [1.807, 2.05) is 0 Å². The number of hydrogen-bond donors (Lipinski definition) is 2. The van der Waals surface area contributed by atoms with Crippen molar-refractivity contribution >= 4 is 5.91 Å². The fourth-order valence-corrected chi connectivity index (χ4v) is 2.87. The van der Waals surface area contributed by atoms with Crippen LogP contribution in [0.25, 0.3) is 0 Å². The van der Waals surface area contributed by atoms with Crippen molar-refractivity contribution in [3.63, 3.8) is 0 Å². The van der Waals surface area contributed by atoms with Crippen molar-refractivity contribution in [2.75, 3.05) is 6.54 Å². The summed E-state index contributed by atoms with van der Waals surface area (Å²) in [7, 11) is 0. The van der Waals surface area contributed by atoms with Crippen LogP contribution >= 0.6 is 0 Å². The lowest BCUT2D eigenvalue weighted by Crippen LogP contribution is -2.27. The zero-order valence-electron chi connectivity index (χ0n) is 11.4. The second kappa shape index (κ2) is 6.55. The molecule has 1 aliphatic carbocycles. The molecule has 1 heterocycles. The lowest BCUT2D eigenvalue weighted by atomic mass is 9.81. The minimum absolute atomic E-state index is 0.111. The van der Waals surface area contributed by atoms with Gasteiger partial charge in [0.05, 0.1) is 5.56 Å². The Bertz CT molecular complexity index is 461. The van der Waals surface area contributed by atoms with Gasteiger partial charge in [0, 0.05) is 18.8 Å². The lowest BCUT2D eigenvalue weighted by Gasteiger charge is -2.26. The van der Waals surface area contributed by atoms with E-state index >= 15 is 0 Å². The average molecular weight is 262 g/mol. The molecule has 0 aromatic carbocycles. The minimum Gasteiger partial charge on any atom is -0.352 e. The fourth-order valence-electron chi connectivity index (χ4n) is 2.87. The van der Waals surface area contributed by atoms with Gasteiger partial charge in [-0.1, -0.05) is 26.2 Å². The summed E-state index contributed by atoms with van der Waals surface area (Å²) in [5, 5.41) is 2.92. The second-order valence-corrected chi connectivity index (χ2v) is 5.62. The molecule has 1 aliphatic rings. The van der Waals surface area contributed by atoms with Gasteiger partial charge in [-0.15, -0.1) is 0 Å². The van der Waals surface area contributed by atoms with E-state index in [1.165, 1.54) is 37.9 Å². The number of amides is 1. The van der Waals surface area contributed by atoms with Gasteiger partial charge in [-0.05, 0) is 30.7 Å². The van der Waals surface area contributed by atoms with Crippen LogP contribution in [0.1, 0.15) is 49.4 Å². The quantitative estimate of drug-likeness (QED) is 0.874. The monoisotopic (exact) mass is 262 g/mol. The lowest BCUT2D eigenvalue weighted by molar-refractivity contribution is 0.0949. The van der Waals surface area contributed by atoms with Gasteiger partial charge in [-0.2, -0.15) is 0 Å². The molecule has 1 fully saturated rings. The smallest absolute Gasteiger partial charge is 0.252 e. The summed E-state index contributed by atoms with van der Waals surface area (Å²) in [6.45, 7) is 3.03. The van der Waals surface area contributed by atoms with Crippen molar-refractivity contribution in [2.45, 2.75) is 39.0 Å². The van der Waals surface area contributed by atoms with Gasteiger partial charge in [0.2, 0.25) is 5.56 Å². The molecule has 2 rings (SSSR count). The summed E-state index contributed by atoms with van der Waals surface area (Å²) >= 11 is 0. The highest BCUT2D eigenvalue weighted by Crippen LogP contribution is 2.30. The largest absolute Gasteiger partial charge is 0.352 e. The summed E-state index contributed by atoms with van der Waals surface area (Å²) in [6.07, 6.45) is 7.76. The van der Waals surface area contributed by atoms with E-state index in [9.17, 15) is 9.59 Å². The van der Waals surface area contributed by atoms with E-state index in [0.29, 0.717) is 5.56 Å².